The largest absolute Gasteiger partial charge is 0.481 e. The van der Waals surface area contributed by atoms with Crippen LogP contribution in [0.4, 0.5) is 0 Å². The van der Waals surface area contributed by atoms with Gasteiger partial charge < -0.3 is 16.2 Å². The van der Waals surface area contributed by atoms with Crippen LogP contribution in [-0.4, -0.2) is 28.6 Å². The molecule has 0 aromatic rings. The van der Waals surface area contributed by atoms with Gasteiger partial charge in [-0.15, -0.1) is 0 Å². The molecule has 2 aliphatic rings. The molecule has 2 aliphatic carbocycles. The number of nitrogens with one attached hydrogen (secondary N) is 1. The maximum Gasteiger partial charge on any atom is 0.306 e. The van der Waals surface area contributed by atoms with E-state index in [9.17, 15) is 9.59 Å². The molecule has 1 amide bonds. The summed E-state index contributed by atoms with van der Waals surface area (Å²) in [5, 5.41) is 11.9. The summed E-state index contributed by atoms with van der Waals surface area (Å²) in [6.07, 6.45) is 4.99. The molecule has 0 bridgehead atoms. The highest BCUT2D eigenvalue weighted by atomic mass is 16.4. The van der Waals surface area contributed by atoms with Crippen molar-refractivity contribution in [3.05, 3.63) is 0 Å². The highest BCUT2D eigenvalue weighted by Gasteiger charge is 2.44. The third-order valence-corrected chi connectivity index (χ3v) is 4.27. The monoisotopic (exact) mass is 254 g/mol. The first-order valence-corrected chi connectivity index (χ1v) is 6.74. The molecule has 18 heavy (non-hydrogen) atoms. The topological polar surface area (TPSA) is 92.4 Å². The molecule has 5 heteroatoms. The number of carboxylic acids is 1. The molecule has 2 rings (SSSR count). The van der Waals surface area contributed by atoms with Gasteiger partial charge in [0.15, 0.2) is 0 Å². The van der Waals surface area contributed by atoms with E-state index in [0.29, 0.717) is 12.8 Å². The lowest BCUT2D eigenvalue weighted by Gasteiger charge is -2.31. The summed E-state index contributed by atoms with van der Waals surface area (Å²) in [5.41, 5.74) is 5.25. The minimum atomic E-state index is -0.795. The molecule has 0 heterocycles. The van der Waals surface area contributed by atoms with Crippen LogP contribution in [0.15, 0.2) is 0 Å². The molecule has 3 unspecified atom stereocenters. The number of carbonyl (C=O) groups is 2. The molecule has 0 aliphatic heterocycles. The first-order chi connectivity index (χ1) is 8.41. The van der Waals surface area contributed by atoms with Gasteiger partial charge in [-0.2, -0.15) is 0 Å². The SMILES string of the molecule is CC(N)(C(=O)NC1CCCC(C(=O)O)C1)C1CC1. The van der Waals surface area contributed by atoms with Crippen LogP contribution in [0, 0.1) is 11.8 Å². The highest BCUT2D eigenvalue weighted by Crippen LogP contribution is 2.38. The van der Waals surface area contributed by atoms with Crippen molar-refractivity contribution >= 4 is 11.9 Å². The Kier molecular flexibility index (Phi) is 3.61. The van der Waals surface area contributed by atoms with Crippen LogP contribution in [0.1, 0.15) is 45.4 Å². The van der Waals surface area contributed by atoms with Crippen LogP contribution in [0.25, 0.3) is 0 Å². The van der Waals surface area contributed by atoms with Crippen molar-refractivity contribution in [1.29, 1.82) is 0 Å². The number of amides is 1. The lowest BCUT2D eigenvalue weighted by atomic mass is 9.85. The lowest BCUT2D eigenvalue weighted by molar-refractivity contribution is -0.143. The maximum atomic E-state index is 12.1. The molecule has 4 N–H and O–H groups in total. The molecule has 0 aromatic carbocycles. The Morgan fingerprint density at radius 1 is 1.28 bits per heavy atom. The third-order valence-electron chi connectivity index (χ3n) is 4.27. The van der Waals surface area contributed by atoms with E-state index in [2.05, 4.69) is 5.32 Å². The summed E-state index contributed by atoms with van der Waals surface area (Å²) in [7, 11) is 0. The maximum absolute atomic E-state index is 12.1. The van der Waals surface area contributed by atoms with E-state index in [4.69, 9.17) is 10.8 Å². The molecule has 0 saturated heterocycles. The van der Waals surface area contributed by atoms with Gasteiger partial charge in [0.05, 0.1) is 11.5 Å². The van der Waals surface area contributed by atoms with Gasteiger partial charge in [0.1, 0.15) is 0 Å². The van der Waals surface area contributed by atoms with Gasteiger partial charge >= 0.3 is 5.97 Å². The zero-order valence-electron chi connectivity index (χ0n) is 10.8. The molecule has 2 fully saturated rings. The minimum absolute atomic E-state index is 0.0334. The Hall–Kier alpha value is -1.10. The summed E-state index contributed by atoms with van der Waals surface area (Å²) >= 11 is 0. The third kappa shape index (κ3) is 2.83. The van der Waals surface area contributed by atoms with Gasteiger partial charge in [0, 0.05) is 6.04 Å². The van der Waals surface area contributed by atoms with Crippen LogP contribution in [0.5, 0.6) is 0 Å². The van der Waals surface area contributed by atoms with Crippen LogP contribution in [-0.2, 0) is 9.59 Å². The molecule has 0 aromatic heterocycles. The predicted octanol–water partition coefficient (Wildman–Crippen LogP) is 0.873. The first kappa shape index (κ1) is 13.3. The fraction of sp³-hybridized carbons (Fsp3) is 0.846. The van der Waals surface area contributed by atoms with Crippen molar-refractivity contribution in [1.82, 2.24) is 5.32 Å². The Balaban J connectivity index is 1.88. The van der Waals surface area contributed by atoms with Crippen molar-refractivity contribution in [3.8, 4) is 0 Å². The predicted molar refractivity (Wildman–Crippen MR) is 66.8 cm³/mol. The normalized spacial score (nSPS) is 31.4. The van der Waals surface area contributed by atoms with E-state index in [1.807, 2.05) is 0 Å². The summed E-state index contributed by atoms with van der Waals surface area (Å²) in [4.78, 5) is 23.1. The second-order valence-corrected chi connectivity index (χ2v) is 5.93. The fourth-order valence-corrected chi connectivity index (χ4v) is 2.75. The molecule has 3 atom stereocenters. The second kappa shape index (κ2) is 4.88. The Labute approximate surface area is 107 Å². The van der Waals surface area contributed by atoms with Crippen molar-refractivity contribution < 1.29 is 14.7 Å². The van der Waals surface area contributed by atoms with E-state index in [-0.39, 0.29) is 23.8 Å². The molecule has 5 nitrogen and oxygen atoms in total. The number of hydrogen-bond donors (Lipinski definition) is 3. The number of rotatable bonds is 4. The van der Waals surface area contributed by atoms with Crippen LogP contribution in [0.3, 0.4) is 0 Å². The number of carbonyl (C=O) groups excluding carboxylic acids is 1. The zero-order valence-corrected chi connectivity index (χ0v) is 10.8. The van der Waals surface area contributed by atoms with Crippen LogP contribution in [0.2, 0.25) is 0 Å². The number of hydrogen-bond acceptors (Lipinski definition) is 3. The van der Waals surface area contributed by atoms with Crippen molar-refractivity contribution in [2.45, 2.75) is 57.0 Å². The van der Waals surface area contributed by atoms with Gasteiger partial charge in [0.2, 0.25) is 5.91 Å². The quantitative estimate of drug-likeness (QED) is 0.694. The van der Waals surface area contributed by atoms with Gasteiger partial charge in [-0.05, 0) is 44.9 Å². The molecule has 2 saturated carbocycles. The average Bonchev–Trinajstić information content (AvgIpc) is 3.13. The smallest absolute Gasteiger partial charge is 0.306 e. The standard InChI is InChI=1S/C13H22N2O3/c1-13(14,9-5-6-9)12(18)15-10-4-2-3-8(7-10)11(16)17/h8-10H,2-7,14H2,1H3,(H,15,18)(H,16,17). The molecular formula is C13H22N2O3. The molecule has 0 spiro atoms. The highest BCUT2D eigenvalue weighted by molar-refractivity contribution is 5.86. The lowest BCUT2D eigenvalue weighted by Crippen LogP contribution is -2.56. The van der Waals surface area contributed by atoms with Crippen molar-refractivity contribution in [2.75, 3.05) is 0 Å². The Bertz CT molecular complexity index is 350. The van der Waals surface area contributed by atoms with E-state index < -0.39 is 11.5 Å². The van der Waals surface area contributed by atoms with Gasteiger partial charge in [-0.25, -0.2) is 0 Å². The minimum Gasteiger partial charge on any atom is -0.481 e. The van der Waals surface area contributed by atoms with E-state index in [0.717, 1.165) is 25.7 Å². The molecular weight excluding hydrogens is 232 g/mol. The number of nitrogens with two attached hydrogens (primary N) is 1. The summed E-state index contributed by atoms with van der Waals surface area (Å²) < 4.78 is 0. The Morgan fingerprint density at radius 2 is 1.94 bits per heavy atom. The van der Waals surface area contributed by atoms with Gasteiger partial charge in [0.25, 0.3) is 0 Å². The van der Waals surface area contributed by atoms with E-state index >= 15 is 0 Å². The fourth-order valence-electron chi connectivity index (χ4n) is 2.75. The molecule has 102 valence electrons. The molecule has 0 radical (unpaired) electrons. The van der Waals surface area contributed by atoms with Gasteiger partial charge in [-0.3, -0.25) is 9.59 Å². The summed E-state index contributed by atoms with van der Waals surface area (Å²) in [6, 6.07) is -0.0334. The van der Waals surface area contributed by atoms with E-state index in [1.165, 1.54) is 0 Å². The summed E-state index contributed by atoms with van der Waals surface area (Å²) in [5.74, 6) is -0.918. The van der Waals surface area contributed by atoms with Crippen LogP contribution >= 0.6 is 0 Å². The first-order valence-electron chi connectivity index (χ1n) is 6.74. The van der Waals surface area contributed by atoms with Crippen LogP contribution < -0.4 is 11.1 Å². The Morgan fingerprint density at radius 3 is 2.50 bits per heavy atom. The average molecular weight is 254 g/mol. The van der Waals surface area contributed by atoms with Crippen molar-refractivity contribution in [2.24, 2.45) is 17.6 Å². The zero-order chi connectivity index (χ0) is 13.3. The number of carboxylic acid groups (broad SMARTS) is 1. The summed E-state index contributed by atoms with van der Waals surface area (Å²) in [6.45, 7) is 1.78. The van der Waals surface area contributed by atoms with E-state index in [1.54, 1.807) is 6.92 Å². The second-order valence-electron chi connectivity index (χ2n) is 5.93. The van der Waals surface area contributed by atoms with Gasteiger partial charge in [-0.1, -0.05) is 6.42 Å². The van der Waals surface area contributed by atoms with Crippen molar-refractivity contribution in [3.63, 3.8) is 0 Å². The number of aliphatic carboxylic acids is 1.